The molecule has 2 aromatic rings. The molecule has 1 heterocycles. The summed E-state index contributed by atoms with van der Waals surface area (Å²) in [5.74, 6) is 0.193. The molecule has 6 nitrogen and oxygen atoms in total. The highest BCUT2D eigenvalue weighted by Gasteiger charge is 2.33. The first-order valence-corrected chi connectivity index (χ1v) is 8.60. The molecule has 0 spiro atoms. The number of anilines is 1. The van der Waals surface area contributed by atoms with E-state index in [2.05, 4.69) is 5.32 Å². The van der Waals surface area contributed by atoms with E-state index in [-0.39, 0.29) is 25.0 Å². The quantitative estimate of drug-likeness (QED) is 0.865. The Morgan fingerprint density at radius 3 is 2.77 bits per heavy atom. The van der Waals surface area contributed by atoms with Gasteiger partial charge < -0.3 is 19.7 Å². The number of para-hydroxylation sites is 2. The first-order valence-electron chi connectivity index (χ1n) is 7.85. The number of hydrogen-bond acceptors (Lipinski definition) is 4. The molecule has 0 aliphatic carbocycles. The molecular weight excluding hydrogens is 379 g/mol. The van der Waals surface area contributed by atoms with Crippen LogP contribution in [-0.2, 0) is 9.59 Å². The van der Waals surface area contributed by atoms with Crippen LogP contribution in [0.2, 0.25) is 10.0 Å². The Morgan fingerprint density at radius 1 is 1.27 bits per heavy atom. The molecule has 26 heavy (non-hydrogen) atoms. The molecule has 0 fully saturated rings. The number of amides is 2. The van der Waals surface area contributed by atoms with Crippen LogP contribution in [0.3, 0.4) is 0 Å². The van der Waals surface area contributed by atoms with Crippen molar-refractivity contribution in [2.45, 2.75) is 6.10 Å². The summed E-state index contributed by atoms with van der Waals surface area (Å²) in [5.41, 5.74) is 0.587. The van der Waals surface area contributed by atoms with Crippen molar-refractivity contribution in [1.29, 1.82) is 0 Å². The molecule has 0 saturated heterocycles. The summed E-state index contributed by atoms with van der Waals surface area (Å²) >= 11 is 11.9. The fraction of sp³-hybridized carbons (Fsp3) is 0.222. The second-order valence-electron chi connectivity index (χ2n) is 5.56. The standard InChI is InChI=1S/C18H16Cl2N2O4/c1-21-18(24)16-9-22(13-4-2-3-5-15(13)26-16)17(23)10-25-14-7-6-11(19)8-12(14)20/h2-8,16H,9-10H2,1H3,(H,21,24)/t16-/m1/s1. The third-order valence-corrected chi connectivity index (χ3v) is 4.39. The maximum absolute atomic E-state index is 12.7. The molecule has 1 N–H and O–H groups in total. The predicted octanol–water partition coefficient (Wildman–Crippen LogP) is 2.91. The van der Waals surface area contributed by atoms with E-state index in [4.69, 9.17) is 32.7 Å². The zero-order chi connectivity index (χ0) is 18.7. The number of benzene rings is 2. The number of fused-ring (bicyclic) bond motifs is 1. The first kappa shape index (κ1) is 18.4. The van der Waals surface area contributed by atoms with Crippen molar-refractivity contribution in [1.82, 2.24) is 5.32 Å². The minimum atomic E-state index is -0.794. The van der Waals surface area contributed by atoms with Gasteiger partial charge in [0.1, 0.15) is 11.5 Å². The molecular formula is C18H16Cl2N2O4. The van der Waals surface area contributed by atoms with E-state index in [0.717, 1.165) is 0 Å². The number of carbonyl (C=O) groups excluding carboxylic acids is 2. The Morgan fingerprint density at radius 2 is 2.04 bits per heavy atom. The van der Waals surface area contributed by atoms with E-state index in [0.29, 0.717) is 27.2 Å². The van der Waals surface area contributed by atoms with E-state index in [1.165, 1.54) is 18.0 Å². The van der Waals surface area contributed by atoms with Crippen LogP contribution in [0.15, 0.2) is 42.5 Å². The van der Waals surface area contributed by atoms with Crippen LogP contribution in [0.1, 0.15) is 0 Å². The summed E-state index contributed by atoms with van der Waals surface area (Å²) in [6.07, 6.45) is -0.794. The Hall–Kier alpha value is -2.44. The van der Waals surface area contributed by atoms with Gasteiger partial charge in [0.15, 0.2) is 12.7 Å². The largest absolute Gasteiger partial charge is 0.482 e. The lowest BCUT2D eigenvalue weighted by atomic mass is 10.1. The van der Waals surface area contributed by atoms with E-state index in [1.54, 1.807) is 36.4 Å². The molecule has 1 aliphatic heterocycles. The van der Waals surface area contributed by atoms with E-state index < -0.39 is 6.10 Å². The van der Waals surface area contributed by atoms with Crippen molar-refractivity contribution >= 4 is 40.7 Å². The van der Waals surface area contributed by atoms with Gasteiger partial charge in [-0.2, -0.15) is 0 Å². The summed E-state index contributed by atoms with van der Waals surface area (Å²) < 4.78 is 11.2. The second-order valence-corrected chi connectivity index (χ2v) is 6.40. The fourth-order valence-electron chi connectivity index (χ4n) is 2.58. The van der Waals surface area contributed by atoms with Gasteiger partial charge >= 0.3 is 0 Å². The predicted molar refractivity (Wildman–Crippen MR) is 99.2 cm³/mol. The number of rotatable bonds is 4. The Labute approximate surface area is 160 Å². The molecule has 0 saturated carbocycles. The van der Waals surface area contributed by atoms with Crippen molar-refractivity contribution < 1.29 is 19.1 Å². The highest BCUT2D eigenvalue weighted by atomic mass is 35.5. The number of ether oxygens (including phenoxy) is 2. The lowest BCUT2D eigenvalue weighted by Gasteiger charge is -2.33. The van der Waals surface area contributed by atoms with Crippen LogP contribution in [0, 0.1) is 0 Å². The lowest BCUT2D eigenvalue weighted by molar-refractivity contribution is -0.128. The molecule has 136 valence electrons. The smallest absolute Gasteiger partial charge is 0.265 e. The molecule has 2 amide bonds. The van der Waals surface area contributed by atoms with Crippen molar-refractivity contribution in [3.8, 4) is 11.5 Å². The molecule has 0 radical (unpaired) electrons. The molecule has 2 aromatic carbocycles. The minimum Gasteiger partial charge on any atom is -0.482 e. The van der Waals surface area contributed by atoms with Gasteiger partial charge in [0, 0.05) is 12.1 Å². The van der Waals surface area contributed by atoms with Crippen LogP contribution in [0.25, 0.3) is 0 Å². The van der Waals surface area contributed by atoms with Gasteiger partial charge in [-0.25, -0.2) is 0 Å². The molecule has 8 heteroatoms. The van der Waals surface area contributed by atoms with Gasteiger partial charge in [-0.3, -0.25) is 9.59 Å². The van der Waals surface area contributed by atoms with Crippen LogP contribution in [0.5, 0.6) is 11.5 Å². The van der Waals surface area contributed by atoms with Gasteiger partial charge in [-0.1, -0.05) is 35.3 Å². The van der Waals surface area contributed by atoms with E-state index >= 15 is 0 Å². The number of nitrogens with zero attached hydrogens (tertiary/aromatic N) is 1. The average Bonchev–Trinajstić information content (AvgIpc) is 2.65. The third-order valence-electron chi connectivity index (χ3n) is 3.86. The minimum absolute atomic E-state index is 0.0905. The van der Waals surface area contributed by atoms with Crippen molar-refractivity contribution in [3.63, 3.8) is 0 Å². The van der Waals surface area contributed by atoms with Gasteiger partial charge in [0.05, 0.1) is 17.3 Å². The number of halogens is 2. The maximum atomic E-state index is 12.7. The fourth-order valence-corrected chi connectivity index (χ4v) is 3.04. The van der Waals surface area contributed by atoms with Crippen LogP contribution in [-0.4, -0.2) is 38.1 Å². The molecule has 0 bridgehead atoms. The van der Waals surface area contributed by atoms with Crippen LogP contribution < -0.4 is 19.7 Å². The van der Waals surface area contributed by atoms with E-state index in [1.807, 2.05) is 0 Å². The second kappa shape index (κ2) is 7.85. The van der Waals surface area contributed by atoms with Gasteiger partial charge in [-0.15, -0.1) is 0 Å². The monoisotopic (exact) mass is 394 g/mol. The average molecular weight is 395 g/mol. The lowest BCUT2D eigenvalue weighted by Crippen LogP contribution is -2.51. The summed E-state index contributed by atoms with van der Waals surface area (Å²) in [6.45, 7) is -0.149. The molecule has 1 atom stereocenters. The first-order chi connectivity index (χ1) is 12.5. The zero-order valence-corrected chi connectivity index (χ0v) is 15.4. The van der Waals surface area contributed by atoms with E-state index in [9.17, 15) is 9.59 Å². The SMILES string of the molecule is CNC(=O)[C@H]1CN(C(=O)COc2ccc(Cl)cc2Cl)c2ccccc2O1. The number of likely N-dealkylation sites (N-methyl/N-ethyl adjacent to an activating group) is 1. The van der Waals surface area contributed by atoms with Crippen molar-refractivity contribution in [2.75, 3.05) is 25.1 Å². The summed E-state index contributed by atoms with van der Waals surface area (Å²) in [5, 5.41) is 3.32. The Kier molecular flexibility index (Phi) is 5.54. The summed E-state index contributed by atoms with van der Waals surface area (Å²) in [6, 6.07) is 11.8. The van der Waals surface area contributed by atoms with Crippen LogP contribution in [0.4, 0.5) is 5.69 Å². The Balaban J connectivity index is 1.77. The highest BCUT2D eigenvalue weighted by molar-refractivity contribution is 6.35. The summed E-state index contributed by atoms with van der Waals surface area (Å²) in [4.78, 5) is 26.2. The molecule has 0 unspecified atom stereocenters. The van der Waals surface area contributed by atoms with Gasteiger partial charge in [0.2, 0.25) is 0 Å². The Bertz CT molecular complexity index is 844. The van der Waals surface area contributed by atoms with Gasteiger partial charge in [-0.05, 0) is 30.3 Å². The number of carbonyl (C=O) groups is 2. The topological polar surface area (TPSA) is 67.9 Å². The molecule has 3 rings (SSSR count). The van der Waals surface area contributed by atoms with Crippen molar-refractivity contribution in [3.05, 3.63) is 52.5 Å². The van der Waals surface area contributed by atoms with Crippen molar-refractivity contribution in [2.24, 2.45) is 0 Å². The zero-order valence-electron chi connectivity index (χ0n) is 13.9. The van der Waals surface area contributed by atoms with Crippen LogP contribution >= 0.6 is 23.2 Å². The number of nitrogens with one attached hydrogen (secondary N) is 1. The highest BCUT2D eigenvalue weighted by Crippen LogP contribution is 2.33. The maximum Gasteiger partial charge on any atom is 0.265 e. The summed E-state index contributed by atoms with van der Waals surface area (Å²) in [7, 11) is 1.52. The molecule has 0 aromatic heterocycles. The third kappa shape index (κ3) is 3.86. The number of hydrogen-bond donors (Lipinski definition) is 1. The molecule has 1 aliphatic rings. The van der Waals surface area contributed by atoms with Gasteiger partial charge in [0.25, 0.3) is 11.8 Å². The normalized spacial score (nSPS) is 15.7.